The average molecular weight is 277 g/mol. The molecule has 0 saturated carbocycles. The smallest absolute Gasteiger partial charge is 0.148 e. The molecule has 0 amide bonds. The molecule has 0 bridgehead atoms. The van der Waals surface area contributed by atoms with Crippen molar-refractivity contribution in [3.05, 3.63) is 35.4 Å². The highest BCUT2D eigenvalue weighted by Crippen LogP contribution is 2.18. The molecule has 18 heavy (non-hydrogen) atoms. The van der Waals surface area contributed by atoms with Crippen LogP contribution in [0.15, 0.2) is 18.2 Å². The van der Waals surface area contributed by atoms with Crippen LogP contribution in [0, 0.1) is 11.6 Å². The van der Waals surface area contributed by atoms with Gasteiger partial charge in [-0.2, -0.15) is 0 Å². The van der Waals surface area contributed by atoms with Crippen molar-refractivity contribution in [2.75, 3.05) is 12.0 Å². The quantitative estimate of drug-likeness (QED) is 0.896. The van der Waals surface area contributed by atoms with E-state index in [9.17, 15) is 17.2 Å². The maximum absolute atomic E-state index is 13.5. The molecule has 2 atom stereocenters. The molecule has 2 unspecified atom stereocenters. The molecule has 1 N–H and O–H groups in total. The van der Waals surface area contributed by atoms with Crippen molar-refractivity contribution in [2.45, 2.75) is 25.9 Å². The maximum atomic E-state index is 13.5. The molecule has 0 fully saturated rings. The lowest BCUT2D eigenvalue weighted by Gasteiger charge is -2.20. The van der Waals surface area contributed by atoms with E-state index in [0.717, 1.165) is 24.5 Å². The summed E-state index contributed by atoms with van der Waals surface area (Å²) in [6, 6.07) is 2.42. The molecule has 1 aromatic rings. The third-order valence-electron chi connectivity index (χ3n) is 2.51. The predicted molar refractivity (Wildman–Crippen MR) is 67.1 cm³/mol. The van der Waals surface area contributed by atoms with Crippen LogP contribution in [-0.2, 0) is 9.84 Å². The van der Waals surface area contributed by atoms with E-state index >= 15 is 0 Å². The van der Waals surface area contributed by atoms with Gasteiger partial charge in [-0.25, -0.2) is 17.2 Å². The highest BCUT2D eigenvalue weighted by Gasteiger charge is 2.16. The van der Waals surface area contributed by atoms with E-state index in [2.05, 4.69) is 5.32 Å². The summed E-state index contributed by atoms with van der Waals surface area (Å²) in [4.78, 5) is 0. The van der Waals surface area contributed by atoms with E-state index in [-0.39, 0.29) is 17.4 Å². The van der Waals surface area contributed by atoms with Crippen LogP contribution in [-0.4, -0.2) is 26.5 Å². The Morgan fingerprint density at radius 2 is 1.89 bits per heavy atom. The van der Waals surface area contributed by atoms with Gasteiger partial charge in [-0.05, 0) is 32.0 Å². The lowest BCUT2D eigenvalue weighted by atomic mass is 10.1. The van der Waals surface area contributed by atoms with Crippen molar-refractivity contribution in [1.82, 2.24) is 5.32 Å². The molecule has 0 aliphatic carbocycles. The number of hydrogen-bond donors (Lipinski definition) is 1. The fourth-order valence-electron chi connectivity index (χ4n) is 1.87. The van der Waals surface area contributed by atoms with Gasteiger partial charge >= 0.3 is 0 Å². The summed E-state index contributed by atoms with van der Waals surface area (Å²) in [6.45, 7) is 3.35. The average Bonchev–Trinajstić information content (AvgIpc) is 2.18. The number of sulfone groups is 1. The lowest BCUT2D eigenvalue weighted by molar-refractivity contribution is 0.476. The van der Waals surface area contributed by atoms with E-state index in [0.29, 0.717) is 0 Å². The standard InChI is InChI=1S/C12H17F2NO2S/c1-8(7-18(3,16)17)15-9(2)11-6-10(13)4-5-12(11)14/h4-6,8-9,15H,7H2,1-3H3. The number of nitrogens with one attached hydrogen (secondary N) is 1. The molecule has 1 rings (SSSR count). The van der Waals surface area contributed by atoms with Crippen molar-refractivity contribution >= 4 is 9.84 Å². The number of halogens is 2. The van der Waals surface area contributed by atoms with Crippen LogP contribution in [0.3, 0.4) is 0 Å². The first-order valence-electron chi connectivity index (χ1n) is 5.58. The molecule has 1 aromatic carbocycles. The summed E-state index contributed by atoms with van der Waals surface area (Å²) in [6.07, 6.45) is 1.14. The normalized spacial score (nSPS) is 15.4. The van der Waals surface area contributed by atoms with Gasteiger partial charge in [-0.3, -0.25) is 0 Å². The molecule has 0 radical (unpaired) electrons. The van der Waals surface area contributed by atoms with Crippen LogP contribution < -0.4 is 5.32 Å². The molecule has 0 heterocycles. The van der Waals surface area contributed by atoms with Gasteiger partial charge in [0.2, 0.25) is 0 Å². The summed E-state index contributed by atoms with van der Waals surface area (Å²) in [5.41, 5.74) is 0.190. The Labute approximate surface area is 106 Å². The zero-order chi connectivity index (χ0) is 13.9. The lowest BCUT2D eigenvalue weighted by Crippen LogP contribution is -2.34. The second-order valence-electron chi connectivity index (χ2n) is 4.55. The molecule has 3 nitrogen and oxygen atoms in total. The molecule has 0 saturated heterocycles. The Morgan fingerprint density at radius 3 is 2.44 bits per heavy atom. The third kappa shape index (κ3) is 4.70. The van der Waals surface area contributed by atoms with Gasteiger partial charge in [-0.1, -0.05) is 0 Å². The van der Waals surface area contributed by atoms with Crippen molar-refractivity contribution in [3.63, 3.8) is 0 Å². The van der Waals surface area contributed by atoms with Crippen LogP contribution >= 0.6 is 0 Å². The third-order valence-corrected chi connectivity index (χ3v) is 3.62. The fourth-order valence-corrected chi connectivity index (χ4v) is 2.87. The molecule has 0 aromatic heterocycles. The number of hydrogen-bond acceptors (Lipinski definition) is 3. The largest absolute Gasteiger partial charge is 0.307 e. The molecule has 0 aliphatic rings. The van der Waals surface area contributed by atoms with Gasteiger partial charge in [0, 0.05) is 23.9 Å². The SMILES string of the molecule is CC(CS(C)(=O)=O)NC(C)c1cc(F)ccc1F. The Kier molecular flexibility index (Phi) is 4.81. The first kappa shape index (κ1) is 15.0. The Morgan fingerprint density at radius 1 is 1.28 bits per heavy atom. The Bertz CT molecular complexity index is 517. The van der Waals surface area contributed by atoms with Crippen molar-refractivity contribution in [3.8, 4) is 0 Å². The summed E-state index contributed by atoms with van der Waals surface area (Å²) >= 11 is 0. The minimum atomic E-state index is -3.10. The zero-order valence-electron chi connectivity index (χ0n) is 10.6. The van der Waals surface area contributed by atoms with Crippen molar-refractivity contribution in [2.24, 2.45) is 0 Å². The zero-order valence-corrected chi connectivity index (χ0v) is 11.4. The van der Waals surface area contributed by atoms with E-state index < -0.39 is 27.5 Å². The Balaban J connectivity index is 2.76. The van der Waals surface area contributed by atoms with Gasteiger partial charge in [0.25, 0.3) is 0 Å². The van der Waals surface area contributed by atoms with Gasteiger partial charge in [-0.15, -0.1) is 0 Å². The van der Waals surface area contributed by atoms with Crippen LogP contribution in [0.2, 0.25) is 0 Å². The van der Waals surface area contributed by atoms with Crippen molar-refractivity contribution < 1.29 is 17.2 Å². The molecular weight excluding hydrogens is 260 g/mol. The minimum absolute atomic E-state index is 0.0473. The van der Waals surface area contributed by atoms with Crippen LogP contribution in [0.5, 0.6) is 0 Å². The molecule has 0 spiro atoms. The second-order valence-corrected chi connectivity index (χ2v) is 6.73. The molecule has 6 heteroatoms. The summed E-state index contributed by atoms with van der Waals surface area (Å²) < 4.78 is 48.7. The predicted octanol–water partition coefficient (Wildman–Crippen LogP) is 2.05. The minimum Gasteiger partial charge on any atom is -0.307 e. The molecule has 102 valence electrons. The van der Waals surface area contributed by atoms with Gasteiger partial charge < -0.3 is 5.32 Å². The highest BCUT2D eigenvalue weighted by atomic mass is 32.2. The highest BCUT2D eigenvalue weighted by molar-refractivity contribution is 7.90. The van der Waals surface area contributed by atoms with E-state index in [1.165, 1.54) is 0 Å². The fraction of sp³-hybridized carbons (Fsp3) is 0.500. The van der Waals surface area contributed by atoms with E-state index in [4.69, 9.17) is 0 Å². The van der Waals surface area contributed by atoms with Gasteiger partial charge in [0.05, 0.1) is 5.75 Å². The molecular formula is C12H17F2NO2S. The number of rotatable bonds is 5. The summed E-state index contributed by atoms with van der Waals surface area (Å²) in [7, 11) is -3.10. The number of benzene rings is 1. The van der Waals surface area contributed by atoms with Crippen LogP contribution in [0.25, 0.3) is 0 Å². The topological polar surface area (TPSA) is 46.2 Å². The van der Waals surface area contributed by atoms with E-state index in [1.54, 1.807) is 13.8 Å². The first-order chi connectivity index (χ1) is 8.19. The van der Waals surface area contributed by atoms with Crippen LogP contribution in [0.4, 0.5) is 8.78 Å². The van der Waals surface area contributed by atoms with Gasteiger partial charge in [0.1, 0.15) is 21.5 Å². The monoisotopic (exact) mass is 277 g/mol. The van der Waals surface area contributed by atoms with Crippen LogP contribution in [0.1, 0.15) is 25.5 Å². The van der Waals surface area contributed by atoms with Gasteiger partial charge in [0.15, 0.2) is 0 Å². The second kappa shape index (κ2) is 5.75. The Hall–Kier alpha value is -1.01. The summed E-state index contributed by atoms with van der Waals surface area (Å²) in [5, 5.41) is 2.93. The maximum Gasteiger partial charge on any atom is 0.148 e. The first-order valence-corrected chi connectivity index (χ1v) is 7.64. The molecule has 0 aliphatic heterocycles. The summed E-state index contributed by atoms with van der Waals surface area (Å²) in [5.74, 6) is -1.08. The van der Waals surface area contributed by atoms with E-state index in [1.807, 2.05) is 0 Å². The van der Waals surface area contributed by atoms with Crippen molar-refractivity contribution in [1.29, 1.82) is 0 Å².